The highest BCUT2D eigenvalue weighted by Crippen LogP contribution is 2.44. The van der Waals surface area contributed by atoms with Crippen molar-refractivity contribution in [3.8, 4) is 23.1 Å². The van der Waals surface area contributed by atoms with Crippen LogP contribution in [0.4, 0.5) is 5.69 Å². The van der Waals surface area contributed by atoms with Gasteiger partial charge in [-0.3, -0.25) is 0 Å². The Morgan fingerprint density at radius 1 is 1.00 bits per heavy atom. The molecule has 1 aromatic carbocycles. The molecule has 3 aromatic heterocycles. The number of pyridine rings is 2. The minimum Gasteiger partial charge on any atom is -0.493 e. The van der Waals surface area contributed by atoms with Crippen molar-refractivity contribution in [3.05, 3.63) is 60.2 Å². The average Bonchev–Trinajstić information content (AvgIpc) is 3.29. The third-order valence-electron chi connectivity index (χ3n) is 6.63. The summed E-state index contributed by atoms with van der Waals surface area (Å²) in [6.07, 6.45) is 5.43. The van der Waals surface area contributed by atoms with Crippen LogP contribution in [-0.2, 0) is 11.3 Å². The number of anilines is 1. The van der Waals surface area contributed by atoms with Crippen molar-refractivity contribution in [2.75, 3.05) is 45.9 Å². The molecule has 0 aliphatic carbocycles. The maximum absolute atomic E-state index is 6.27. The SMILES string of the molecule is COc1ccc(C2COc3cc(Cn4cnc5cc(N6CC(OC)C6)cnc54)cc(OC)c3O2)cn1. The molecule has 0 spiro atoms. The molecule has 10 heteroatoms. The van der Waals surface area contributed by atoms with Crippen LogP contribution < -0.4 is 23.8 Å². The van der Waals surface area contributed by atoms with Crippen molar-refractivity contribution in [1.82, 2.24) is 19.5 Å². The van der Waals surface area contributed by atoms with Crippen LogP contribution >= 0.6 is 0 Å². The maximum atomic E-state index is 6.27. The molecule has 5 heterocycles. The van der Waals surface area contributed by atoms with Gasteiger partial charge in [0.25, 0.3) is 0 Å². The second kappa shape index (κ2) is 9.19. The van der Waals surface area contributed by atoms with Crippen LogP contribution in [0.25, 0.3) is 11.2 Å². The lowest BCUT2D eigenvalue weighted by atomic mass is 10.1. The van der Waals surface area contributed by atoms with Crippen LogP contribution in [-0.4, -0.2) is 66.6 Å². The lowest BCUT2D eigenvalue weighted by molar-refractivity contribution is 0.0787. The van der Waals surface area contributed by atoms with Crippen molar-refractivity contribution < 1.29 is 23.7 Å². The molecular weight excluding hydrogens is 462 g/mol. The van der Waals surface area contributed by atoms with E-state index in [9.17, 15) is 0 Å². The van der Waals surface area contributed by atoms with Gasteiger partial charge >= 0.3 is 0 Å². The minimum atomic E-state index is -0.294. The van der Waals surface area contributed by atoms with Crippen LogP contribution in [0.5, 0.6) is 23.1 Å². The van der Waals surface area contributed by atoms with Crippen LogP contribution in [0.2, 0.25) is 0 Å². The Hall–Kier alpha value is -4.05. The molecule has 2 aliphatic heterocycles. The van der Waals surface area contributed by atoms with E-state index in [1.807, 2.05) is 35.3 Å². The van der Waals surface area contributed by atoms with Crippen LogP contribution in [0.15, 0.2) is 49.1 Å². The zero-order valence-corrected chi connectivity index (χ0v) is 20.4. The highest BCUT2D eigenvalue weighted by Gasteiger charge is 2.28. The van der Waals surface area contributed by atoms with E-state index in [0.717, 1.165) is 41.1 Å². The molecule has 2 aliphatic rings. The first-order chi connectivity index (χ1) is 17.6. The summed E-state index contributed by atoms with van der Waals surface area (Å²) in [5, 5.41) is 0. The molecule has 10 nitrogen and oxygen atoms in total. The van der Waals surface area contributed by atoms with Gasteiger partial charge in [0.1, 0.15) is 12.1 Å². The third-order valence-corrected chi connectivity index (χ3v) is 6.63. The van der Waals surface area contributed by atoms with E-state index < -0.39 is 0 Å². The molecule has 1 fully saturated rings. The van der Waals surface area contributed by atoms with Gasteiger partial charge in [0, 0.05) is 38.0 Å². The molecule has 1 saturated heterocycles. The van der Waals surface area contributed by atoms with Gasteiger partial charge in [-0.15, -0.1) is 0 Å². The summed E-state index contributed by atoms with van der Waals surface area (Å²) in [6, 6.07) is 9.74. The fourth-order valence-electron chi connectivity index (χ4n) is 4.53. The third kappa shape index (κ3) is 4.03. The van der Waals surface area contributed by atoms with Gasteiger partial charge in [-0.05, 0) is 29.8 Å². The predicted octanol–water partition coefficient (Wildman–Crippen LogP) is 3.24. The van der Waals surface area contributed by atoms with E-state index in [0.29, 0.717) is 36.3 Å². The standard InChI is InChI=1S/C26H27N5O5/c1-32-19-12-30(13-19)18-8-20-26(28-10-18)31(15-29-20)11-16-6-21(33-2)25-22(7-16)35-14-23(36-25)17-4-5-24(34-3)27-9-17/h4-10,15,19,23H,11-14H2,1-3H3. The molecule has 0 saturated carbocycles. The van der Waals surface area contributed by atoms with Gasteiger partial charge in [-0.1, -0.05) is 0 Å². The first-order valence-electron chi connectivity index (χ1n) is 11.7. The predicted molar refractivity (Wildman–Crippen MR) is 132 cm³/mol. The molecule has 1 atom stereocenters. The van der Waals surface area contributed by atoms with Crippen molar-refractivity contribution in [1.29, 1.82) is 0 Å². The summed E-state index contributed by atoms with van der Waals surface area (Å²) >= 11 is 0. The zero-order chi connectivity index (χ0) is 24.6. The summed E-state index contributed by atoms with van der Waals surface area (Å²) in [7, 11) is 4.96. The second-order valence-electron chi connectivity index (χ2n) is 8.85. The Labute approximate surface area is 208 Å². The number of nitrogens with zero attached hydrogens (tertiary/aromatic N) is 5. The normalized spacial score (nSPS) is 17.2. The highest BCUT2D eigenvalue weighted by atomic mass is 16.6. The highest BCUT2D eigenvalue weighted by molar-refractivity contribution is 5.75. The van der Waals surface area contributed by atoms with Gasteiger partial charge in [0.2, 0.25) is 11.6 Å². The number of aromatic nitrogens is 4. The number of imidazole rings is 1. The van der Waals surface area contributed by atoms with Crippen LogP contribution in [0.3, 0.4) is 0 Å². The van der Waals surface area contributed by atoms with Crippen LogP contribution in [0, 0.1) is 0 Å². The summed E-state index contributed by atoms with van der Waals surface area (Å²) in [6.45, 7) is 2.68. The van der Waals surface area contributed by atoms with Gasteiger partial charge in [0.05, 0.1) is 45.1 Å². The monoisotopic (exact) mass is 489 g/mol. The van der Waals surface area contributed by atoms with E-state index in [-0.39, 0.29) is 12.2 Å². The Morgan fingerprint density at radius 2 is 1.89 bits per heavy atom. The topological polar surface area (TPSA) is 93.0 Å². The summed E-state index contributed by atoms with van der Waals surface area (Å²) in [4.78, 5) is 15.8. The van der Waals surface area contributed by atoms with E-state index >= 15 is 0 Å². The summed E-state index contributed by atoms with van der Waals surface area (Å²) in [5.74, 6) is 2.39. The van der Waals surface area contributed by atoms with Crippen LogP contribution in [0.1, 0.15) is 17.2 Å². The molecule has 1 unspecified atom stereocenters. The number of ether oxygens (including phenoxy) is 5. The molecule has 0 amide bonds. The van der Waals surface area contributed by atoms with E-state index in [4.69, 9.17) is 28.7 Å². The van der Waals surface area contributed by atoms with E-state index in [2.05, 4.69) is 20.9 Å². The molecule has 0 bridgehead atoms. The molecule has 186 valence electrons. The van der Waals surface area contributed by atoms with Crippen molar-refractivity contribution in [3.63, 3.8) is 0 Å². The van der Waals surface area contributed by atoms with Gasteiger partial charge in [0.15, 0.2) is 23.3 Å². The van der Waals surface area contributed by atoms with Crippen molar-refractivity contribution in [2.45, 2.75) is 18.8 Å². The molecule has 0 N–H and O–H groups in total. The quantitative estimate of drug-likeness (QED) is 0.388. The summed E-state index contributed by atoms with van der Waals surface area (Å²) < 4.78 is 30.6. The van der Waals surface area contributed by atoms with Gasteiger partial charge in [-0.2, -0.15) is 0 Å². The lowest BCUT2D eigenvalue weighted by Crippen LogP contribution is -2.51. The molecular formula is C26H27N5O5. The van der Waals surface area contributed by atoms with Gasteiger partial charge in [-0.25, -0.2) is 15.0 Å². The first kappa shape index (κ1) is 22.4. The number of hydrogen-bond donors (Lipinski definition) is 0. The smallest absolute Gasteiger partial charge is 0.212 e. The zero-order valence-electron chi connectivity index (χ0n) is 20.4. The maximum Gasteiger partial charge on any atom is 0.212 e. The first-order valence-corrected chi connectivity index (χ1v) is 11.7. The van der Waals surface area contributed by atoms with E-state index in [1.54, 1.807) is 33.6 Å². The fourth-order valence-corrected chi connectivity index (χ4v) is 4.53. The average molecular weight is 490 g/mol. The number of methoxy groups -OCH3 is 3. The largest absolute Gasteiger partial charge is 0.493 e. The fraction of sp³-hybridized carbons (Fsp3) is 0.346. The number of benzene rings is 1. The minimum absolute atomic E-state index is 0.284. The molecule has 0 radical (unpaired) electrons. The lowest BCUT2D eigenvalue weighted by Gasteiger charge is -2.39. The summed E-state index contributed by atoms with van der Waals surface area (Å²) in [5.41, 5.74) is 4.63. The second-order valence-corrected chi connectivity index (χ2v) is 8.85. The Bertz CT molecular complexity index is 1370. The van der Waals surface area contributed by atoms with E-state index in [1.165, 1.54) is 0 Å². The number of fused-ring (bicyclic) bond motifs is 2. The molecule has 36 heavy (non-hydrogen) atoms. The Balaban J connectivity index is 1.22. The Morgan fingerprint density at radius 3 is 2.64 bits per heavy atom. The van der Waals surface area contributed by atoms with Crippen molar-refractivity contribution >= 4 is 16.9 Å². The number of hydrogen-bond acceptors (Lipinski definition) is 9. The Kier molecular flexibility index (Phi) is 5.73. The van der Waals surface area contributed by atoms with Crippen molar-refractivity contribution in [2.24, 2.45) is 0 Å². The number of rotatable bonds is 7. The molecule has 4 aromatic rings. The molecule has 6 rings (SSSR count). The van der Waals surface area contributed by atoms with Gasteiger partial charge < -0.3 is 33.2 Å².